The quantitative estimate of drug-likeness (QED) is 0.813. The lowest BCUT2D eigenvalue weighted by atomic mass is 9.90. The maximum absolute atomic E-state index is 12.5. The second kappa shape index (κ2) is 4.84. The first kappa shape index (κ1) is 12.5. The number of carbonyl (C=O) groups is 1. The monoisotopic (exact) mass is 250 g/mol. The predicted octanol–water partition coefficient (Wildman–Crippen LogP) is 2.02. The summed E-state index contributed by atoms with van der Waals surface area (Å²) in [7, 11) is 0. The molecule has 1 N–H and O–H groups in total. The maximum Gasteiger partial charge on any atom is 0.226 e. The molecule has 1 unspecified atom stereocenters. The molecule has 18 heavy (non-hydrogen) atoms. The van der Waals surface area contributed by atoms with Crippen molar-refractivity contribution in [1.29, 1.82) is 0 Å². The summed E-state index contributed by atoms with van der Waals surface area (Å²) in [4.78, 5) is 14.7. The van der Waals surface area contributed by atoms with Gasteiger partial charge in [-0.15, -0.1) is 0 Å². The summed E-state index contributed by atoms with van der Waals surface area (Å²) >= 11 is 0. The molecule has 3 fully saturated rings. The van der Waals surface area contributed by atoms with E-state index in [9.17, 15) is 4.79 Å². The maximum atomic E-state index is 12.5. The Morgan fingerprint density at radius 3 is 2.56 bits per heavy atom. The highest BCUT2D eigenvalue weighted by molar-refractivity contribution is 5.82. The van der Waals surface area contributed by atoms with Crippen molar-refractivity contribution in [3.05, 3.63) is 0 Å². The van der Waals surface area contributed by atoms with Gasteiger partial charge in [-0.2, -0.15) is 0 Å². The van der Waals surface area contributed by atoms with Gasteiger partial charge in [-0.05, 0) is 56.5 Å². The number of likely N-dealkylation sites (tertiary alicyclic amines) is 1. The molecule has 1 atom stereocenters. The molecule has 1 spiro atoms. The Bertz CT molecular complexity index is 314. The van der Waals surface area contributed by atoms with Gasteiger partial charge in [-0.25, -0.2) is 0 Å². The number of hydrogen-bond donors (Lipinski definition) is 1. The van der Waals surface area contributed by atoms with Crippen LogP contribution in [-0.4, -0.2) is 37.0 Å². The summed E-state index contributed by atoms with van der Waals surface area (Å²) in [6.07, 6.45) is 7.33. The number of piperidine rings is 2. The van der Waals surface area contributed by atoms with Gasteiger partial charge in [0.2, 0.25) is 5.91 Å². The van der Waals surface area contributed by atoms with Gasteiger partial charge in [0.1, 0.15) is 0 Å². The third-order valence-electron chi connectivity index (χ3n) is 5.59. The molecule has 0 aromatic carbocycles. The molecule has 2 heterocycles. The molecule has 3 aliphatic rings. The molecular weight excluding hydrogens is 224 g/mol. The lowest BCUT2D eigenvalue weighted by molar-refractivity contribution is -0.135. The average Bonchev–Trinajstić information content (AvgIpc) is 3.12. The Labute approximate surface area is 110 Å². The fourth-order valence-corrected chi connectivity index (χ4v) is 3.96. The summed E-state index contributed by atoms with van der Waals surface area (Å²) in [5.74, 6) is 1.71. The minimum absolute atomic E-state index is 0.373. The van der Waals surface area contributed by atoms with E-state index in [-0.39, 0.29) is 0 Å². The van der Waals surface area contributed by atoms with Gasteiger partial charge < -0.3 is 10.2 Å². The zero-order valence-electron chi connectivity index (χ0n) is 11.6. The highest BCUT2D eigenvalue weighted by atomic mass is 16.2. The summed E-state index contributed by atoms with van der Waals surface area (Å²) in [6, 6.07) is 0. The van der Waals surface area contributed by atoms with Gasteiger partial charge in [-0.3, -0.25) is 4.79 Å². The van der Waals surface area contributed by atoms with Gasteiger partial charge in [-0.1, -0.05) is 13.3 Å². The zero-order chi connectivity index (χ0) is 12.6. The Morgan fingerprint density at radius 1 is 1.28 bits per heavy atom. The standard InChI is InChI=1S/C15H26N2O/c1-2-12-3-9-17(10-4-12)14(18)13-11-15(13)5-7-16-8-6-15/h12-13,16H,2-11H2,1H3. The molecular formula is C15H26N2O. The van der Waals surface area contributed by atoms with Crippen LogP contribution in [0.3, 0.4) is 0 Å². The van der Waals surface area contributed by atoms with Crippen molar-refractivity contribution in [3.8, 4) is 0 Å². The number of rotatable bonds is 2. The first-order chi connectivity index (χ1) is 8.75. The van der Waals surface area contributed by atoms with Crippen LogP contribution >= 0.6 is 0 Å². The number of nitrogens with zero attached hydrogens (tertiary/aromatic N) is 1. The minimum Gasteiger partial charge on any atom is -0.342 e. The van der Waals surface area contributed by atoms with Crippen LogP contribution in [0.1, 0.15) is 45.4 Å². The Morgan fingerprint density at radius 2 is 1.94 bits per heavy atom. The molecule has 1 saturated carbocycles. The molecule has 1 amide bonds. The molecule has 3 rings (SSSR count). The normalized spacial score (nSPS) is 31.6. The molecule has 0 aromatic rings. The molecule has 0 radical (unpaired) electrons. The summed E-state index contributed by atoms with van der Waals surface area (Å²) in [5, 5.41) is 3.41. The minimum atomic E-state index is 0.373. The largest absolute Gasteiger partial charge is 0.342 e. The molecule has 3 nitrogen and oxygen atoms in total. The van der Waals surface area contributed by atoms with Crippen molar-refractivity contribution < 1.29 is 4.79 Å². The van der Waals surface area contributed by atoms with E-state index in [0.717, 1.165) is 32.1 Å². The molecule has 3 heteroatoms. The highest BCUT2D eigenvalue weighted by Crippen LogP contribution is 2.59. The molecule has 0 bridgehead atoms. The van der Waals surface area contributed by atoms with Gasteiger partial charge in [0.05, 0.1) is 0 Å². The number of amides is 1. The highest BCUT2D eigenvalue weighted by Gasteiger charge is 2.58. The second-order valence-corrected chi connectivity index (χ2v) is 6.55. The number of hydrogen-bond acceptors (Lipinski definition) is 2. The number of carbonyl (C=O) groups excluding carboxylic acids is 1. The zero-order valence-corrected chi connectivity index (χ0v) is 11.6. The van der Waals surface area contributed by atoms with Crippen molar-refractivity contribution in [2.45, 2.75) is 45.4 Å². The smallest absolute Gasteiger partial charge is 0.226 e. The third kappa shape index (κ3) is 2.18. The van der Waals surface area contributed by atoms with Crippen LogP contribution in [-0.2, 0) is 4.79 Å². The fraction of sp³-hybridized carbons (Fsp3) is 0.933. The summed E-state index contributed by atoms with van der Waals surface area (Å²) in [5.41, 5.74) is 0.407. The van der Waals surface area contributed by atoms with Crippen LogP contribution in [0.2, 0.25) is 0 Å². The van der Waals surface area contributed by atoms with Crippen molar-refractivity contribution in [3.63, 3.8) is 0 Å². The van der Waals surface area contributed by atoms with Crippen LogP contribution in [0.5, 0.6) is 0 Å². The third-order valence-corrected chi connectivity index (χ3v) is 5.59. The van der Waals surface area contributed by atoms with E-state index in [0.29, 0.717) is 17.2 Å². The molecule has 102 valence electrons. The lowest BCUT2D eigenvalue weighted by Crippen LogP contribution is -2.41. The summed E-state index contributed by atoms with van der Waals surface area (Å²) in [6.45, 7) is 6.53. The van der Waals surface area contributed by atoms with Crippen LogP contribution in [0, 0.1) is 17.3 Å². The first-order valence-electron chi connectivity index (χ1n) is 7.75. The van der Waals surface area contributed by atoms with Crippen LogP contribution < -0.4 is 5.32 Å². The Balaban J connectivity index is 1.54. The average molecular weight is 250 g/mol. The van der Waals surface area contributed by atoms with E-state index < -0.39 is 0 Å². The van der Waals surface area contributed by atoms with Crippen LogP contribution in [0.25, 0.3) is 0 Å². The molecule has 1 aliphatic carbocycles. The second-order valence-electron chi connectivity index (χ2n) is 6.55. The topological polar surface area (TPSA) is 32.3 Å². The van der Waals surface area contributed by atoms with Crippen LogP contribution in [0.15, 0.2) is 0 Å². The predicted molar refractivity (Wildman–Crippen MR) is 72.2 cm³/mol. The van der Waals surface area contributed by atoms with Gasteiger partial charge in [0.15, 0.2) is 0 Å². The molecule has 2 aliphatic heterocycles. The van der Waals surface area contributed by atoms with Gasteiger partial charge in [0, 0.05) is 19.0 Å². The first-order valence-corrected chi connectivity index (χ1v) is 7.75. The van der Waals surface area contributed by atoms with E-state index in [2.05, 4.69) is 17.1 Å². The van der Waals surface area contributed by atoms with E-state index >= 15 is 0 Å². The Hall–Kier alpha value is -0.570. The Kier molecular flexibility index (Phi) is 3.35. The van der Waals surface area contributed by atoms with Crippen molar-refractivity contribution in [1.82, 2.24) is 10.2 Å². The van der Waals surface area contributed by atoms with Gasteiger partial charge in [0.25, 0.3) is 0 Å². The van der Waals surface area contributed by atoms with E-state index in [1.807, 2.05) is 0 Å². The van der Waals surface area contributed by atoms with E-state index in [1.54, 1.807) is 0 Å². The van der Waals surface area contributed by atoms with E-state index in [1.165, 1.54) is 38.5 Å². The van der Waals surface area contributed by atoms with Gasteiger partial charge >= 0.3 is 0 Å². The van der Waals surface area contributed by atoms with Crippen molar-refractivity contribution in [2.75, 3.05) is 26.2 Å². The van der Waals surface area contributed by atoms with Crippen LogP contribution in [0.4, 0.5) is 0 Å². The summed E-state index contributed by atoms with van der Waals surface area (Å²) < 4.78 is 0. The van der Waals surface area contributed by atoms with E-state index in [4.69, 9.17) is 0 Å². The fourth-order valence-electron chi connectivity index (χ4n) is 3.96. The number of nitrogens with one attached hydrogen (secondary N) is 1. The van der Waals surface area contributed by atoms with Crippen molar-refractivity contribution >= 4 is 5.91 Å². The molecule has 2 saturated heterocycles. The SMILES string of the molecule is CCC1CCN(C(=O)C2CC23CCNCC3)CC1. The molecule has 0 aromatic heterocycles. The lowest BCUT2D eigenvalue weighted by Gasteiger charge is -2.33. The van der Waals surface area contributed by atoms with Crippen molar-refractivity contribution in [2.24, 2.45) is 17.3 Å².